The van der Waals surface area contributed by atoms with E-state index >= 15 is 0 Å². The Labute approximate surface area is 112 Å². The Morgan fingerprint density at radius 1 is 1.50 bits per heavy atom. The van der Waals surface area contributed by atoms with Crippen LogP contribution in [0.5, 0.6) is 11.5 Å². The summed E-state index contributed by atoms with van der Waals surface area (Å²) in [4.78, 5) is 0. The molecular formula is C12H17N3O2S. The molecule has 0 saturated heterocycles. The van der Waals surface area contributed by atoms with E-state index in [1.54, 1.807) is 13.3 Å². The Kier molecular flexibility index (Phi) is 5.38. The molecule has 0 atom stereocenters. The van der Waals surface area contributed by atoms with E-state index in [1.165, 1.54) is 0 Å². The normalized spacial score (nSPS) is 10.7. The van der Waals surface area contributed by atoms with E-state index in [4.69, 9.17) is 15.2 Å². The Morgan fingerprint density at radius 2 is 2.22 bits per heavy atom. The first-order valence-corrected chi connectivity index (χ1v) is 5.87. The summed E-state index contributed by atoms with van der Waals surface area (Å²) in [5, 5.41) is 4.02. The number of ether oxygens (including phenoxy) is 2. The fourth-order valence-corrected chi connectivity index (χ4v) is 1.38. The molecular weight excluding hydrogens is 250 g/mol. The zero-order valence-electron chi connectivity index (χ0n) is 10.6. The third kappa shape index (κ3) is 4.21. The van der Waals surface area contributed by atoms with Crippen LogP contribution in [0, 0.1) is 0 Å². The van der Waals surface area contributed by atoms with Crippen LogP contribution in [0.25, 0.3) is 0 Å². The molecule has 0 aliphatic rings. The molecule has 5 nitrogen and oxygen atoms in total. The van der Waals surface area contributed by atoms with Crippen molar-refractivity contribution in [1.82, 2.24) is 5.43 Å². The van der Waals surface area contributed by atoms with Crippen molar-refractivity contribution in [2.75, 3.05) is 7.11 Å². The molecule has 1 rings (SSSR count). The molecule has 1 aromatic carbocycles. The van der Waals surface area contributed by atoms with E-state index in [0.717, 1.165) is 5.56 Å². The van der Waals surface area contributed by atoms with E-state index in [-0.39, 0.29) is 11.2 Å². The fourth-order valence-electron chi connectivity index (χ4n) is 1.32. The maximum atomic E-state index is 5.72. The van der Waals surface area contributed by atoms with Gasteiger partial charge in [-0.25, -0.2) is 0 Å². The zero-order chi connectivity index (χ0) is 13.5. The number of benzene rings is 1. The van der Waals surface area contributed by atoms with Crippen LogP contribution in [0.4, 0.5) is 0 Å². The number of nitrogens with zero attached hydrogens (tertiary/aromatic N) is 1. The van der Waals surface area contributed by atoms with Gasteiger partial charge in [-0.3, -0.25) is 5.43 Å². The molecule has 0 fully saturated rings. The lowest BCUT2D eigenvalue weighted by atomic mass is 10.2. The van der Waals surface area contributed by atoms with Crippen molar-refractivity contribution in [3.63, 3.8) is 0 Å². The van der Waals surface area contributed by atoms with Crippen molar-refractivity contribution in [2.45, 2.75) is 20.0 Å². The number of nitrogens with two attached hydrogens (primary N) is 1. The van der Waals surface area contributed by atoms with E-state index in [2.05, 4.69) is 22.7 Å². The van der Waals surface area contributed by atoms with Gasteiger partial charge in [0.05, 0.1) is 19.4 Å². The van der Waals surface area contributed by atoms with Gasteiger partial charge in [-0.1, -0.05) is 6.07 Å². The highest BCUT2D eigenvalue weighted by atomic mass is 32.1. The molecule has 6 heteroatoms. The molecule has 0 bridgehead atoms. The summed E-state index contributed by atoms with van der Waals surface area (Å²) < 4.78 is 11.0. The van der Waals surface area contributed by atoms with Gasteiger partial charge in [0.1, 0.15) is 0 Å². The predicted octanol–water partition coefficient (Wildman–Crippen LogP) is 1.65. The van der Waals surface area contributed by atoms with E-state index in [9.17, 15) is 0 Å². The standard InChI is InChI=1S/C12H17N3O2S/c1-8(2)17-11-9(7-14-15-12(13)18)5-4-6-10(11)16-3/h4-8H,1-3H3,(H3,13,15,18). The topological polar surface area (TPSA) is 68.9 Å². The Bertz CT molecular complexity index is 447. The van der Waals surface area contributed by atoms with Crippen LogP contribution < -0.4 is 20.6 Å². The van der Waals surface area contributed by atoms with Crippen molar-refractivity contribution in [2.24, 2.45) is 10.8 Å². The van der Waals surface area contributed by atoms with Gasteiger partial charge in [-0.05, 0) is 38.2 Å². The average Bonchev–Trinajstić information content (AvgIpc) is 2.30. The number of nitrogens with one attached hydrogen (secondary N) is 1. The number of hydrazone groups is 1. The summed E-state index contributed by atoms with van der Waals surface area (Å²) in [5.74, 6) is 1.30. The van der Waals surface area contributed by atoms with Crippen molar-refractivity contribution in [1.29, 1.82) is 0 Å². The Hall–Kier alpha value is -1.82. The SMILES string of the molecule is COc1cccc(C=NNC(N)=S)c1OC(C)C. The number of hydrogen-bond acceptors (Lipinski definition) is 4. The molecule has 18 heavy (non-hydrogen) atoms. The molecule has 0 heterocycles. The quantitative estimate of drug-likeness (QED) is 0.482. The number of hydrogen-bond donors (Lipinski definition) is 2. The van der Waals surface area contributed by atoms with Crippen LogP contribution in [0.3, 0.4) is 0 Å². The molecule has 0 aliphatic heterocycles. The number of thiocarbonyl (C=S) groups is 1. The monoisotopic (exact) mass is 267 g/mol. The molecule has 0 saturated carbocycles. The van der Waals surface area contributed by atoms with Gasteiger partial charge < -0.3 is 15.2 Å². The molecule has 0 spiro atoms. The predicted molar refractivity (Wildman–Crippen MR) is 76.3 cm³/mol. The van der Waals surface area contributed by atoms with E-state index < -0.39 is 0 Å². The van der Waals surface area contributed by atoms with Crippen LogP contribution in [-0.2, 0) is 0 Å². The molecule has 0 radical (unpaired) electrons. The van der Waals surface area contributed by atoms with Gasteiger partial charge in [0.2, 0.25) is 0 Å². The highest BCUT2D eigenvalue weighted by Gasteiger charge is 2.10. The number of para-hydroxylation sites is 1. The van der Waals surface area contributed by atoms with Crippen LogP contribution in [0.1, 0.15) is 19.4 Å². The van der Waals surface area contributed by atoms with Crippen LogP contribution in [0.2, 0.25) is 0 Å². The van der Waals surface area contributed by atoms with Crippen molar-refractivity contribution >= 4 is 23.5 Å². The second-order valence-corrected chi connectivity index (χ2v) is 4.22. The van der Waals surface area contributed by atoms with Crippen LogP contribution >= 0.6 is 12.2 Å². The van der Waals surface area contributed by atoms with Gasteiger partial charge in [0, 0.05) is 5.56 Å². The highest BCUT2D eigenvalue weighted by molar-refractivity contribution is 7.80. The largest absolute Gasteiger partial charge is 0.493 e. The van der Waals surface area contributed by atoms with Gasteiger partial charge in [0.15, 0.2) is 16.6 Å². The smallest absolute Gasteiger partial charge is 0.184 e. The summed E-state index contributed by atoms with van der Waals surface area (Å²) >= 11 is 4.66. The van der Waals surface area contributed by atoms with Crippen LogP contribution in [-0.4, -0.2) is 24.5 Å². The molecule has 98 valence electrons. The van der Waals surface area contributed by atoms with Crippen LogP contribution in [0.15, 0.2) is 23.3 Å². The molecule has 0 unspecified atom stereocenters. The summed E-state index contributed by atoms with van der Waals surface area (Å²) in [5.41, 5.74) is 8.56. The van der Waals surface area contributed by atoms with Gasteiger partial charge >= 0.3 is 0 Å². The maximum Gasteiger partial charge on any atom is 0.184 e. The molecule has 0 aromatic heterocycles. The first-order valence-electron chi connectivity index (χ1n) is 5.46. The average molecular weight is 267 g/mol. The van der Waals surface area contributed by atoms with E-state index in [0.29, 0.717) is 11.5 Å². The van der Waals surface area contributed by atoms with Gasteiger partial charge in [0.25, 0.3) is 0 Å². The Morgan fingerprint density at radius 3 is 2.78 bits per heavy atom. The molecule has 3 N–H and O–H groups in total. The van der Waals surface area contributed by atoms with Crippen molar-refractivity contribution in [3.8, 4) is 11.5 Å². The molecule has 1 aromatic rings. The third-order valence-electron chi connectivity index (χ3n) is 1.96. The minimum Gasteiger partial charge on any atom is -0.493 e. The summed E-state index contributed by atoms with van der Waals surface area (Å²) in [7, 11) is 1.59. The summed E-state index contributed by atoms with van der Waals surface area (Å²) in [6, 6.07) is 5.55. The number of methoxy groups -OCH3 is 1. The fraction of sp³-hybridized carbons (Fsp3) is 0.333. The lowest BCUT2D eigenvalue weighted by molar-refractivity contribution is 0.230. The summed E-state index contributed by atoms with van der Waals surface area (Å²) in [6.07, 6.45) is 1.62. The van der Waals surface area contributed by atoms with Crippen molar-refractivity contribution in [3.05, 3.63) is 23.8 Å². The molecule has 0 amide bonds. The second-order valence-electron chi connectivity index (χ2n) is 3.78. The first-order chi connectivity index (χ1) is 8.54. The zero-order valence-corrected chi connectivity index (χ0v) is 11.5. The number of rotatable bonds is 5. The maximum absolute atomic E-state index is 5.72. The highest BCUT2D eigenvalue weighted by Crippen LogP contribution is 2.30. The summed E-state index contributed by atoms with van der Waals surface area (Å²) in [6.45, 7) is 3.89. The lowest BCUT2D eigenvalue weighted by Gasteiger charge is -2.15. The van der Waals surface area contributed by atoms with Gasteiger partial charge in [-0.15, -0.1) is 0 Å². The lowest BCUT2D eigenvalue weighted by Crippen LogP contribution is -2.24. The minimum absolute atomic E-state index is 0.0389. The van der Waals surface area contributed by atoms with E-state index in [1.807, 2.05) is 32.0 Å². The second kappa shape index (κ2) is 6.80. The first kappa shape index (κ1) is 14.2. The Balaban J connectivity index is 3.01. The molecule has 0 aliphatic carbocycles. The minimum atomic E-state index is 0.0389. The third-order valence-corrected chi connectivity index (χ3v) is 2.05. The van der Waals surface area contributed by atoms with Gasteiger partial charge in [-0.2, -0.15) is 5.10 Å². The van der Waals surface area contributed by atoms with Crippen molar-refractivity contribution < 1.29 is 9.47 Å².